The summed E-state index contributed by atoms with van der Waals surface area (Å²) < 4.78 is 2.50. The maximum Gasteiger partial charge on any atom is 0.209 e. The zero-order chi connectivity index (χ0) is 19.2. The zero-order valence-corrected chi connectivity index (χ0v) is 14.6. The van der Waals surface area contributed by atoms with Crippen LogP contribution >= 0.6 is 11.6 Å². The van der Waals surface area contributed by atoms with Crippen LogP contribution in [0.5, 0.6) is 0 Å². The Hall–Kier alpha value is -1.96. The second kappa shape index (κ2) is 6.64. The Kier molecular flexibility index (Phi) is 4.81. The lowest BCUT2D eigenvalue weighted by molar-refractivity contribution is -0.551. The van der Waals surface area contributed by atoms with Gasteiger partial charge in [-0.3, -0.25) is 4.68 Å². The van der Waals surface area contributed by atoms with Crippen molar-refractivity contribution in [1.29, 1.82) is 0 Å². The molecule has 13 heteroatoms. The Labute approximate surface area is 151 Å². The molecule has 0 radical (unpaired) electrons. The Bertz CT molecular complexity index is 857. The van der Waals surface area contributed by atoms with Crippen molar-refractivity contribution in [1.82, 2.24) is 25.3 Å². The average Bonchev–Trinajstić information content (AvgIpc) is 3.15. The summed E-state index contributed by atoms with van der Waals surface area (Å²) in [4.78, 5) is 0. The molecule has 26 heavy (non-hydrogen) atoms. The standard InChI is InChI=1S/C13H18ClN7O5/c1-13(2)7-8(11(14)17-21-12(7)15-18-19-21)16-20(13)3-5(23)9(25)10(26)6(24)4-22/h3,5-6,9-10,22-26H,4H2,1-2H3/b20-3+/t5-,6+,9+,10+/m0/s1. The number of tetrazole rings is 1. The highest BCUT2D eigenvalue weighted by Gasteiger charge is 2.42. The van der Waals surface area contributed by atoms with Crippen molar-refractivity contribution in [2.24, 2.45) is 0 Å². The molecule has 12 nitrogen and oxygen atoms in total. The van der Waals surface area contributed by atoms with Crippen LogP contribution in [0.1, 0.15) is 19.4 Å². The fourth-order valence-corrected chi connectivity index (χ4v) is 2.94. The van der Waals surface area contributed by atoms with E-state index in [9.17, 15) is 20.4 Å². The van der Waals surface area contributed by atoms with Crippen molar-refractivity contribution in [3.05, 3.63) is 16.1 Å². The van der Waals surface area contributed by atoms with Crippen molar-refractivity contribution in [2.45, 2.75) is 43.8 Å². The smallest absolute Gasteiger partial charge is 0.209 e. The molecular weight excluding hydrogens is 370 g/mol. The molecule has 3 heterocycles. The highest BCUT2D eigenvalue weighted by atomic mass is 35.5. The molecule has 0 fully saturated rings. The molecule has 2 aromatic rings. The summed E-state index contributed by atoms with van der Waals surface area (Å²) in [7, 11) is 0. The molecule has 1 aliphatic rings. The largest absolute Gasteiger partial charge is 0.406 e. The minimum absolute atomic E-state index is 0.0505. The van der Waals surface area contributed by atoms with Gasteiger partial charge in [0.05, 0.1) is 12.2 Å². The summed E-state index contributed by atoms with van der Waals surface area (Å²) in [6.07, 6.45) is -5.54. The Morgan fingerprint density at radius 1 is 1.27 bits per heavy atom. The van der Waals surface area contributed by atoms with Crippen LogP contribution in [0.15, 0.2) is 0 Å². The average molecular weight is 388 g/mol. The number of rotatable bonds is 5. The van der Waals surface area contributed by atoms with Crippen molar-refractivity contribution in [3.63, 3.8) is 0 Å². The van der Waals surface area contributed by atoms with Crippen LogP contribution in [-0.4, -0.2) is 92.7 Å². The first kappa shape index (κ1) is 18.8. The Balaban J connectivity index is 1.97. The highest BCUT2D eigenvalue weighted by molar-refractivity contribution is 6.32. The predicted molar refractivity (Wildman–Crippen MR) is 87.1 cm³/mol. The lowest BCUT2D eigenvalue weighted by atomic mass is 9.96. The molecule has 0 saturated carbocycles. The van der Waals surface area contributed by atoms with E-state index in [0.29, 0.717) is 16.9 Å². The lowest BCUT2D eigenvalue weighted by Crippen LogP contribution is -2.47. The van der Waals surface area contributed by atoms with Crippen LogP contribution in [0.2, 0.25) is 5.15 Å². The normalized spacial score (nSPS) is 22.1. The van der Waals surface area contributed by atoms with E-state index in [0.717, 1.165) is 10.8 Å². The van der Waals surface area contributed by atoms with Crippen molar-refractivity contribution in [3.8, 4) is 0 Å². The van der Waals surface area contributed by atoms with Crippen LogP contribution in [0.4, 0.5) is 5.69 Å². The van der Waals surface area contributed by atoms with E-state index >= 15 is 0 Å². The number of aliphatic hydroxyl groups is 5. The van der Waals surface area contributed by atoms with Gasteiger partial charge in [-0.15, -0.1) is 14.8 Å². The van der Waals surface area contributed by atoms with E-state index in [-0.39, 0.29) is 5.15 Å². The minimum Gasteiger partial charge on any atom is -0.406 e. The molecule has 1 aliphatic heterocycles. The molecule has 0 spiro atoms. The summed E-state index contributed by atoms with van der Waals surface area (Å²) in [5, 5.41) is 63.4. The third-order valence-electron chi connectivity index (χ3n) is 4.26. The van der Waals surface area contributed by atoms with Crippen molar-refractivity contribution in [2.75, 3.05) is 6.61 Å². The molecule has 0 aliphatic carbocycles. The number of hydrogen-bond acceptors (Lipinski definition) is 9. The summed E-state index contributed by atoms with van der Waals surface area (Å²) in [6, 6.07) is 0. The number of aliphatic hydroxyl groups excluding tert-OH is 5. The van der Waals surface area contributed by atoms with Gasteiger partial charge in [-0.05, 0) is 16.1 Å². The van der Waals surface area contributed by atoms with Gasteiger partial charge < -0.3 is 31.0 Å². The maximum absolute atomic E-state index is 10.2. The Morgan fingerprint density at radius 2 is 1.96 bits per heavy atom. The Morgan fingerprint density at radius 3 is 2.62 bits per heavy atom. The zero-order valence-electron chi connectivity index (χ0n) is 13.8. The second-order valence-corrected chi connectivity index (χ2v) is 6.74. The summed E-state index contributed by atoms with van der Waals surface area (Å²) in [6.45, 7) is 2.76. The minimum atomic E-state index is -1.75. The van der Waals surface area contributed by atoms with Crippen molar-refractivity contribution >= 4 is 29.2 Å². The molecule has 0 amide bonds. The quantitative estimate of drug-likeness (QED) is 0.358. The molecule has 5 N–H and O–H groups in total. The molecular formula is C13H18ClN7O5. The molecule has 2 aromatic heterocycles. The van der Waals surface area contributed by atoms with Crippen LogP contribution in [0.3, 0.4) is 0 Å². The van der Waals surface area contributed by atoms with E-state index in [1.165, 1.54) is 4.68 Å². The summed E-state index contributed by atoms with van der Waals surface area (Å²) in [5.74, 6) is 0. The number of hydrogen-bond donors (Lipinski definition) is 5. The van der Waals surface area contributed by atoms with Crippen LogP contribution in [0, 0.1) is 0 Å². The van der Waals surface area contributed by atoms with Gasteiger partial charge in [0.2, 0.25) is 5.65 Å². The van der Waals surface area contributed by atoms with Gasteiger partial charge in [0.25, 0.3) is 0 Å². The van der Waals surface area contributed by atoms with E-state index < -0.39 is 36.6 Å². The fourth-order valence-electron chi connectivity index (χ4n) is 2.73. The van der Waals surface area contributed by atoms with Gasteiger partial charge in [-0.2, -0.15) is 0 Å². The predicted octanol–water partition coefficient (Wildman–Crippen LogP) is -2.14. The van der Waals surface area contributed by atoms with Gasteiger partial charge in [-0.25, -0.2) is 0 Å². The first-order chi connectivity index (χ1) is 12.2. The first-order valence-electron chi connectivity index (χ1n) is 7.66. The summed E-state index contributed by atoms with van der Waals surface area (Å²) in [5.41, 5.74) is 4.64. The van der Waals surface area contributed by atoms with Crippen molar-refractivity contribution < 1.29 is 30.2 Å². The summed E-state index contributed by atoms with van der Waals surface area (Å²) >= 11 is 6.13. The molecule has 3 rings (SSSR count). The third-order valence-corrected chi connectivity index (χ3v) is 4.51. The van der Waals surface area contributed by atoms with Gasteiger partial charge in [0.1, 0.15) is 23.5 Å². The molecule has 0 aromatic carbocycles. The molecule has 0 saturated heterocycles. The molecule has 0 bridgehead atoms. The highest BCUT2D eigenvalue weighted by Crippen LogP contribution is 2.48. The molecule has 0 unspecified atom stereocenters. The van der Waals surface area contributed by atoms with Crippen LogP contribution < -0.4 is 0 Å². The number of nitrogens with zero attached hydrogens (tertiary/aromatic N) is 7. The SMILES string of the molecule is CC1(C)c2c(c(Cl)nn3nnnc23)[N-]/[N+]1=C/[C@H](O)[C@@H](O)[C@H](O)[C@H](O)CO. The first-order valence-corrected chi connectivity index (χ1v) is 8.03. The fraction of sp³-hybridized carbons (Fsp3) is 0.615. The monoisotopic (exact) mass is 387 g/mol. The number of fused-ring (bicyclic) bond motifs is 3. The van der Waals surface area contributed by atoms with E-state index in [4.69, 9.17) is 16.7 Å². The van der Waals surface area contributed by atoms with E-state index in [2.05, 4.69) is 26.0 Å². The number of aromatic nitrogens is 5. The van der Waals surface area contributed by atoms with Crippen LogP contribution in [-0.2, 0) is 5.54 Å². The van der Waals surface area contributed by atoms with E-state index in [1.807, 2.05) is 0 Å². The van der Waals surface area contributed by atoms with E-state index in [1.54, 1.807) is 13.8 Å². The lowest BCUT2D eigenvalue weighted by Gasteiger charge is -2.25. The molecule has 142 valence electrons. The van der Waals surface area contributed by atoms with Gasteiger partial charge in [-0.1, -0.05) is 11.6 Å². The third kappa shape index (κ3) is 2.90. The van der Waals surface area contributed by atoms with Gasteiger partial charge in [0, 0.05) is 13.8 Å². The maximum atomic E-state index is 10.2. The number of halogens is 1. The molecule has 4 atom stereocenters. The van der Waals surface area contributed by atoms with Gasteiger partial charge in [0.15, 0.2) is 17.9 Å². The second-order valence-electron chi connectivity index (χ2n) is 6.38. The van der Waals surface area contributed by atoms with Crippen LogP contribution in [0.25, 0.3) is 11.1 Å². The van der Waals surface area contributed by atoms with Gasteiger partial charge >= 0.3 is 0 Å². The topological polar surface area (TPSA) is 174 Å².